The Kier molecular flexibility index (Phi) is 13.3. The van der Waals surface area contributed by atoms with Gasteiger partial charge in [-0.2, -0.15) is 0 Å². The summed E-state index contributed by atoms with van der Waals surface area (Å²) < 4.78 is 0. The van der Waals surface area contributed by atoms with E-state index >= 15 is 0 Å². The predicted octanol–water partition coefficient (Wildman–Crippen LogP) is 15.1. The molecule has 4 atom stereocenters. The van der Waals surface area contributed by atoms with E-state index in [4.69, 9.17) is 4.98 Å². The van der Waals surface area contributed by atoms with Crippen LogP contribution in [0.4, 0.5) is 0 Å². The Bertz CT molecular complexity index is 1950. The minimum absolute atomic E-state index is 0.0162. The largest absolute Gasteiger partial charge is 0.256 e. The maximum Gasteiger partial charge on any atom is 0.0525 e. The highest BCUT2D eigenvalue weighted by molar-refractivity contribution is 7.48. The molecule has 0 aliphatic rings. The third kappa shape index (κ3) is 10.8. The van der Waals surface area contributed by atoms with Crippen LogP contribution in [0.5, 0.6) is 0 Å². The Morgan fingerprint density at radius 2 is 0.621 bits per heavy atom. The van der Waals surface area contributed by atoms with Crippen molar-refractivity contribution < 1.29 is 0 Å². The number of hydrogen-bond donors (Lipinski definition) is 0. The Morgan fingerprint density at radius 3 is 0.862 bits per heavy atom. The molecule has 0 spiro atoms. The van der Waals surface area contributed by atoms with Crippen LogP contribution in [0.1, 0.15) is 192 Å². The first-order chi connectivity index (χ1) is 26.6. The normalized spacial score (nSPS) is 14.8. The fraction of sp³-hybridized carbons (Fsp3) is 0.473. The fourth-order valence-electron chi connectivity index (χ4n) is 7.85. The standard InChI is InChI=1S/C55H75NP2/c1-50(2,3)38-32-40(52(7,8)9)48(41(33-38)53(10,11)12)57-46(36-26-21-19-22-27-36)44-30-25-31-45(56-44)47(37-28-23-20-24-29-37)58-49-42(54(13,14)15)34-39(51(4,5)6)35-43(49)55(16,17)18/h19-35,46-47,57-58H,1-18H3. The minimum atomic E-state index is -0.0162. The number of aromatic nitrogens is 1. The lowest BCUT2D eigenvalue weighted by atomic mass is 9.75. The fourth-order valence-corrected chi connectivity index (χ4v) is 12.2. The smallest absolute Gasteiger partial charge is 0.0525 e. The summed E-state index contributed by atoms with van der Waals surface area (Å²) in [6, 6.07) is 39.4. The highest BCUT2D eigenvalue weighted by Crippen LogP contribution is 2.48. The summed E-state index contributed by atoms with van der Waals surface area (Å²) in [5.41, 5.74) is 13.9. The van der Waals surface area contributed by atoms with Crippen LogP contribution in [0.2, 0.25) is 0 Å². The van der Waals surface area contributed by atoms with Gasteiger partial charge in [0.15, 0.2) is 0 Å². The van der Waals surface area contributed by atoms with E-state index in [1.54, 1.807) is 0 Å². The Morgan fingerprint density at radius 1 is 0.345 bits per heavy atom. The molecule has 5 rings (SSSR count). The van der Waals surface area contributed by atoms with Crippen molar-refractivity contribution in [2.75, 3.05) is 0 Å². The molecule has 5 aromatic rings. The van der Waals surface area contributed by atoms with Gasteiger partial charge in [0.25, 0.3) is 0 Å². The van der Waals surface area contributed by atoms with Crippen LogP contribution in [-0.4, -0.2) is 4.98 Å². The first kappa shape index (κ1) is 46.0. The lowest BCUT2D eigenvalue weighted by molar-refractivity contribution is 0.553. The molecule has 3 heteroatoms. The van der Waals surface area contributed by atoms with Gasteiger partial charge in [-0.1, -0.05) is 233 Å². The number of pyridine rings is 1. The third-order valence-electron chi connectivity index (χ3n) is 11.5. The molecule has 0 bridgehead atoms. The lowest BCUT2D eigenvalue weighted by Gasteiger charge is -2.35. The predicted molar refractivity (Wildman–Crippen MR) is 262 cm³/mol. The van der Waals surface area contributed by atoms with E-state index in [9.17, 15) is 0 Å². The molecular weight excluding hydrogens is 737 g/mol. The van der Waals surface area contributed by atoms with Crippen LogP contribution < -0.4 is 10.6 Å². The second-order valence-corrected chi connectivity index (χ2v) is 25.6. The van der Waals surface area contributed by atoms with Gasteiger partial charge in [-0.05, 0) is 99.7 Å². The van der Waals surface area contributed by atoms with Crippen molar-refractivity contribution in [1.82, 2.24) is 4.98 Å². The second-order valence-electron chi connectivity index (χ2n) is 22.9. The van der Waals surface area contributed by atoms with Crippen molar-refractivity contribution in [3.8, 4) is 0 Å². The molecule has 1 aromatic heterocycles. The lowest BCUT2D eigenvalue weighted by Crippen LogP contribution is -2.31. The molecule has 4 aromatic carbocycles. The summed E-state index contributed by atoms with van der Waals surface area (Å²) in [7, 11) is 1.04. The van der Waals surface area contributed by atoms with E-state index < -0.39 is 0 Å². The van der Waals surface area contributed by atoms with E-state index in [2.05, 4.69) is 228 Å². The average molecular weight is 812 g/mol. The van der Waals surface area contributed by atoms with Crippen LogP contribution in [-0.2, 0) is 32.5 Å². The molecule has 0 saturated heterocycles. The molecule has 58 heavy (non-hydrogen) atoms. The first-order valence-electron chi connectivity index (χ1n) is 21.6. The Hall–Kier alpha value is -3.11. The van der Waals surface area contributed by atoms with Crippen LogP contribution in [0.3, 0.4) is 0 Å². The van der Waals surface area contributed by atoms with Crippen molar-refractivity contribution in [3.63, 3.8) is 0 Å². The van der Waals surface area contributed by atoms with Gasteiger partial charge in [-0.25, -0.2) is 0 Å². The van der Waals surface area contributed by atoms with Crippen molar-refractivity contribution in [2.45, 2.75) is 168 Å². The van der Waals surface area contributed by atoms with E-state index in [0.717, 1.165) is 11.4 Å². The van der Waals surface area contributed by atoms with Crippen LogP contribution in [0.25, 0.3) is 0 Å². The molecule has 0 N–H and O–H groups in total. The van der Waals surface area contributed by atoms with Gasteiger partial charge in [0.2, 0.25) is 0 Å². The third-order valence-corrected chi connectivity index (χ3v) is 15.0. The molecule has 1 nitrogen and oxygen atoms in total. The maximum absolute atomic E-state index is 5.81. The summed E-state index contributed by atoms with van der Waals surface area (Å²) in [5.74, 6) is 0. The molecule has 310 valence electrons. The quantitative estimate of drug-likeness (QED) is 0.142. The molecule has 0 fully saturated rings. The first-order valence-corrected chi connectivity index (χ1v) is 23.7. The summed E-state index contributed by atoms with van der Waals surface area (Å²) in [6.45, 7) is 42.8. The van der Waals surface area contributed by atoms with Gasteiger partial charge in [0.05, 0.1) is 11.4 Å². The number of hydrogen-bond acceptors (Lipinski definition) is 1. The van der Waals surface area contributed by atoms with Crippen molar-refractivity contribution in [2.24, 2.45) is 0 Å². The topological polar surface area (TPSA) is 12.9 Å². The van der Waals surface area contributed by atoms with Crippen molar-refractivity contribution >= 4 is 27.8 Å². The molecule has 4 unspecified atom stereocenters. The summed E-state index contributed by atoms with van der Waals surface area (Å²) >= 11 is 0. The Balaban J connectivity index is 1.77. The van der Waals surface area contributed by atoms with Gasteiger partial charge in [0, 0.05) is 11.3 Å². The highest BCUT2D eigenvalue weighted by atomic mass is 31.1. The van der Waals surface area contributed by atoms with Gasteiger partial charge in [0.1, 0.15) is 0 Å². The minimum Gasteiger partial charge on any atom is -0.256 e. The zero-order valence-corrected chi connectivity index (χ0v) is 41.4. The van der Waals surface area contributed by atoms with Gasteiger partial charge in [-0.3, -0.25) is 4.98 Å². The average Bonchev–Trinajstić information content (AvgIpc) is 3.10. The van der Waals surface area contributed by atoms with Crippen LogP contribution in [0.15, 0.2) is 103 Å². The molecular formula is C55H75NP2. The van der Waals surface area contributed by atoms with E-state index in [-0.39, 0.29) is 43.8 Å². The molecule has 0 radical (unpaired) electrons. The van der Waals surface area contributed by atoms with Gasteiger partial charge in [-0.15, -0.1) is 0 Å². The van der Waals surface area contributed by atoms with Gasteiger partial charge >= 0.3 is 0 Å². The molecule has 0 aliphatic heterocycles. The molecule has 0 saturated carbocycles. The second kappa shape index (κ2) is 16.7. The van der Waals surface area contributed by atoms with E-state index in [1.807, 2.05) is 0 Å². The van der Waals surface area contributed by atoms with Crippen LogP contribution in [0, 0.1) is 0 Å². The summed E-state index contributed by atoms with van der Waals surface area (Å²) in [5, 5.41) is 3.00. The Labute approximate surface area is 358 Å². The summed E-state index contributed by atoms with van der Waals surface area (Å²) in [6.07, 6.45) is 0. The van der Waals surface area contributed by atoms with Gasteiger partial charge < -0.3 is 0 Å². The van der Waals surface area contributed by atoms with Crippen molar-refractivity contribution in [3.05, 3.63) is 159 Å². The monoisotopic (exact) mass is 812 g/mol. The number of benzene rings is 4. The SMILES string of the molecule is CC(C)(C)c1cc(C(C)(C)C)c(PC(c2ccccc2)c2cccc(C(Pc3c(C(C)(C)C)cc(C(C)(C)C)cc3C(C)(C)C)c3ccccc3)n2)c(C(C)(C)C)c1. The molecule has 0 amide bonds. The zero-order chi connectivity index (χ0) is 43.2. The highest BCUT2D eigenvalue weighted by Gasteiger charge is 2.34. The number of rotatable bonds is 8. The molecule has 0 aliphatic carbocycles. The number of nitrogens with zero attached hydrogens (tertiary/aromatic N) is 1. The van der Waals surface area contributed by atoms with Crippen molar-refractivity contribution in [1.29, 1.82) is 0 Å². The van der Waals surface area contributed by atoms with E-state index in [1.165, 1.54) is 55.1 Å². The zero-order valence-electron chi connectivity index (χ0n) is 39.4. The van der Waals surface area contributed by atoms with Crippen LogP contribution >= 0.6 is 17.2 Å². The molecule has 1 heterocycles. The summed E-state index contributed by atoms with van der Waals surface area (Å²) in [4.78, 5) is 5.81. The maximum atomic E-state index is 5.81. The van der Waals surface area contributed by atoms with E-state index in [0.29, 0.717) is 17.2 Å².